The van der Waals surface area contributed by atoms with Crippen LogP contribution in [0.1, 0.15) is 38.2 Å². The van der Waals surface area contributed by atoms with E-state index >= 15 is 0 Å². The zero-order chi connectivity index (χ0) is 13.3. The molecule has 0 unspecified atom stereocenters. The predicted molar refractivity (Wildman–Crippen MR) is 75.4 cm³/mol. The summed E-state index contributed by atoms with van der Waals surface area (Å²) in [6.07, 6.45) is 4.95. The molecule has 1 saturated carbocycles. The summed E-state index contributed by atoms with van der Waals surface area (Å²) < 4.78 is 13.4. The second-order valence-electron chi connectivity index (χ2n) is 5.68. The molecule has 100 valence electrons. The van der Waals surface area contributed by atoms with Crippen LogP contribution in [0.15, 0.2) is 12.1 Å². The SMILES string of the molecule is Cc1cc(N(C)C2CCC(C)CC2)c(N)cc1F. The molecular formula is C15H23FN2. The highest BCUT2D eigenvalue weighted by Gasteiger charge is 2.23. The number of nitrogen functional groups attached to an aromatic ring is 1. The molecule has 0 saturated heterocycles. The van der Waals surface area contributed by atoms with Crippen molar-refractivity contribution in [1.82, 2.24) is 0 Å². The van der Waals surface area contributed by atoms with Gasteiger partial charge in [-0.05, 0) is 56.2 Å². The van der Waals surface area contributed by atoms with Gasteiger partial charge in [-0.2, -0.15) is 0 Å². The van der Waals surface area contributed by atoms with Crippen LogP contribution in [0.2, 0.25) is 0 Å². The lowest BCUT2D eigenvalue weighted by atomic mass is 9.86. The van der Waals surface area contributed by atoms with Crippen LogP contribution in [-0.2, 0) is 0 Å². The maximum Gasteiger partial charge on any atom is 0.128 e. The van der Waals surface area contributed by atoms with Crippen LogP contribution in [0.3, 0.4) is 0 Å². The van der Waals surface area contributed by atoms with Gasteiger partial charge in [-0.25, -0.2) is 4.39 Å². The highest BCUT2D eigenvalue weighted by molar-refractivity contribution is 5.68. The smallest absolute Gasteiger partial charge is 0.128 e. The van der Waals surface area contributed by atoms with Crippen molar-refractivity contribution in [3.8, 4) is 0 Å². The molecule has 3 heteroatoms. The molecule has 0 aliphatic heterocycles. The third kappa shape index (κ3) is 2.60. The first kappa shape index (κ1) is 13.2. The third-order valence-electron chi connectivity index (χ3n) is 4.22. The minimum absolute atomic E-state index is 0.220. The molecule has 0 amide bonds. The lowest BCUT2D eigenvalue weighted by molar-refractivity contribution is 0.341. The first-order valence-electron chi connectivity index (χ1n) is 6.77. The molecule has 0 bridgehead atoms. The fourth-order valence-corrected chi connectivity index (χ4v) is 2.81. The molecule has 2 rings (SSSR count). The molecule has 0 atom stereocenters. The number of anilines is 2. The summed E-state index contributed by atoms with van der Waals surface area (Å²) in [4.78, 5) is 2.23. The van der Waals surface area contributed by atoms with E-state index in [1.807, 2.05) is 6.07 Å². The van der Waals surface area contributed by atoms with E-state index in [4.69, 9.17) is 5.73 Å². The van der Waals surface area contributed by atoms with Crippen molar-refractivity contribution in [2.75, 3.05) is 17.7 Å². The monoisotopic (exact) mass is 250 g/mol. The highest BCUT2D eigenvalue weighted by Crippen LogP contribution is 2.33. The normalized spacial score (nSPS) is 24.0. The van der Waals surface area contributed by atoms with E-state index in [-0.39, 0.29) is 5.82 Å². The first-order chi connectivity index (χ1) is 8.49. The molecule has 0 spiro atoms. The lowest BCUT2D eigenvalue weighted by Crippen LogP contribution is -2.35. The van der Waals surface area contributed by atoms with Gasteiger partial charge >= 0.3 is 0 Å². The van der Waals surface area contributed by atoms with Crippen molar-refractivity contribution < 1.29 is 4.39 Å². The van der Waals surface area contributed by atoms with Crippen molar-refractivity contribution in [3.05, 3.63) is 23.5 Å². The summed E-state index contributed by atoms with van der Waals surface area (Å²) in [5, 5.41) is 0. The van der Waals surface area contributed by atoms with Gasteiger partial charge in [0.05, 0.1) is 11.4 Å². The molecule has 18 heavy (non-hydrogen) atoms. The Morgan fingerprint density at radius 1 is 1.22 bits per heavy atom. The van der Waals surface area contributed by atoms with Gasteiger partial charge in [-0.1, -0.05) is 6.92 Å². The largest absolute Gasteiger partial charge is 0.397 e. The van der Waals surface area contributed by atoms with E-state index in [0.29, 0.717) is 17.3 Å². The Morgan fingerprint density at radius 3 is 2.44 bits per heavy atom. The number of hydrogen-bond donors (Lipinski definition) is 1. The Morgan fingerprint density at radius 2 is 1.83 bits per heavy atom. The van der Waals surface area contributed by atoms with Crippen molar-refractivity contribution in [2.45, 2.75) is 45.6 Å². The number of halogens is 1. The molecule has 1 aliphatic rings. The van der Waals surface area contributed by atoms with Crippen LogP contribution in [0.4, 0.5) is 15.8 Å². The molecule has 1 aliphatic carbocycles. The summed E-state index contributed by atoms with van der Waals surface area (Å²) in [5.74, 6) is 0.615. The minimum atomic E-state index is -0.220. The van der Waals surface area contributed by atoms with Crippen LogP contribution < -0.4 is 10.6 Å². The summed E-state index contributed by atoms with van der Waals surface area (Å²) in [7, 11) is 2.07. The molecule has 1 fully saturated rings. The van der Waals surface area contributed by atoms with E-state index in [0.717, 1.165) is 11.6 Å². The van der Waals surface area contributed by atoms with Crippen molar-refractivity contribution in [1.29, 1.82) is 0 Å². The maximum atomic E-state index is 13.4. The average Bonchev–Trinajstić information content (AvgIpc) is 2.34. The van der Waals surface area contributed by atoms with E-state index in [1.54, 1.807) is 6.92 Å². The number of nitrogens with two attached hydrogens (primary N) is 1. The molecule has 0 heterocycles. The molecule has 0 aromatic heterocycles. The molecule has 0 radical (unpaired) electrons. The van der Waals surface area contributed by atoms with Gasteiger partial charge in [0.2, 0.25) is 0 Å². The quantitative estimate of drug-likeness (QED) is 0.810. The van der Waals surface area contributed by atoms with Gasteiger partial charge in [0, 0.05) is 13.1 Å². The summed E-state index contributed by atoms with van der Waals surface area (Å²) >= 11 is 0. The molecule has 2 nitrogen and oxygen atoms in total. The standard InChI is InChI=1S/C15H23FN2/c1-10-4-6-12(7-5-10)18(3)15-8-11(2)13(16)9-14(15)17/h8-10,12H,4-7,17H2,1-3H3. The average molecular weight is 250 g/mol. The Hall–Kier alpha value is -1.25. The second-order valence-corrected chi connectivity index (χ2v) is 5.68. The van der Waals surface area contributed by atoms with E-state index in [2.05, 4.69) is 18.9 Å². The highest BCUT2D eigenvalue weighted by atomic mass is 19.1. The Bertz CT molecular complexity index is 423. The first-order valence-corrected chi connectivity index (χ1v) is 6.77. The summed E-state index contributed by atoms with van der Waals surface area (Å²) in [6.45, 7) is 4.10. The Balaban J connectivity index is 2.18. The van der Waals surface area contributed by atoms with Crippen molar-refractivity contribution >= 4 is 11.4 Å². The fourth-order valence-electron chi connectivity index (χ4n) is 2.81. The number of aryl methyl sites for hydroxylation is 1. The van der Waals surface area contributed by atoms with Gasteiger partial charge < -0.3 is 10.6 Å². The number of hydrogen-bond acceptors (Lipinski definition) is 2. The van der Waals surface area contributed by atoms with Crippen LogP contribution in [0, 0.1) is 18.7 Å². The van der Waals surface area contributed by atoms with E-state index in [9.17, 15) is 4.39 Å². The van der Waals surface area contributed by atoms with Crippen LogP contribution in [0.25, 0.3) is 0 Å². The summed E-state index contributed by atoms with van der Waals surface area (Å²) in [5.41, 5.74) is 8.11. The van der Waals surface area contributed by atoms with Gasteiger partial charge in [-0.3, -0.25) is 0 Å². The van der Waals surface area contributed by atoms with Crippen LogP contribution >= 0.6 is 0 Å². The van der Waals surface area contributed by atoms with E-state index in [1.165, 1.54) is 31.7 Å². The predicted octanol–water partition coefficient (Wildman–Crippen LogP) is 3.73. The maximum absolute atomic E-state index is 13.4. The van der Waals surface area contributed by atoms with Crippen molar-refractivity contribution in [2.24, 2.45) is 5.92 Å². The molecule has 1 aromatic carbocycles. The topological polar surface area (TPSA) is 29.3 Å². The second kappa shape index (κ2) is 5.17. The molecule has 2 N–H and O–H groups in total. The van der Waals surface area contributed by atoms with Gasteiger partial charge in [0.15, 0.2) is 0 Å². The minimum Gasteiger partial charge on any atom is -0.397 e. The Kier molecular flexibility index (Phi) is 3.79. The van der Waals surface area contributed by atoms with Crippen LogP contribution in [-0.4, -0.2) is 13.1 Å². The number of rotatable bonds is 2. The molecular weight excluding hydrogens is 227 g/mol. The summed E-state index contributed by atoms with van der Waals surface area (Å²) in [6, 6.07) is 3.84. The van der Waals surface area contributed by atoms with Gasteiger partial charge in [-0.15, -0.1) is 0 Å². The zero-order valence-corrected chi connectivity index (χ0v) is 11.5. The van der Waals surface area contributed by atoms with Gasteiger partial charge in [0.1, 0.15) is 5.82 Å². The van der Waals surface area contributed by atoms with Crippen LogP contribution in [0.5, 0.6) is 0 Å². The molecule has 1 aromatic rings. The zero-order valence-electron chi connectivity index (χ0n) is 11.5. The van der Waals surface area contributed by atoms with E-state index < -0.39 is 0 Å². The number of nitrogens with zero attached hydrogens (tertiary/aromatic N) is 1. The Labute approximate surface area is 109 Å². The third-order valence-corrected chi connectivity index (χ3v) is 4.22. The van der Waals surface area contributed by atoms with Gasteiger partial charge in [0.25, 0.3) is 0 Å². The lowest BCUT2D eigenvalue weighted by Gasteiger charge is -2.35. The van der Waals surface area contributed by atoms with Crippen molar-refractivity contribution in [3.63, 3.8) is 0 Å². The number of benzene rings is 1. The fraction of sp³-hybridized carbons (Fsp3) is 0.600.